The molecule has 142 valence electrons. The lowest BCUT2D eigenvalue weighted by Gasteiger charge is -2.13. The summed E-state index contributed by atoms with van der Waals surface area (Å²) >= 11 is 0. The smallest absolute Gasteiger partial charge is 0.326 e. The Balaban J connectivity index is 0. The van der Waals surface area contributed by atoms with E-state index < -0.39 is 17.9 Å². The molecule has 0 fully saturated rings. The van der Waals surface area contributed by atoms with E-state index in [-0.39, 0.29) is 31.2 Å². The van der Waals surface area contributed by atoms with E-state index in [1.165, 1.54) is 38.5 Å². The van der Waals surface area contributed by atoms with Crippen molar-refractivity contribution < 1.29 is 19.5 Å². The van der Waals surface area contributed by atoms with Crippen molar-refractivity contribution in [1.29, 1.82) is 0 Å². The lowest BCUT2D eigenvalue weighted by Crippen LogP contribution is -2.41. The summed E-state index contributed by atoms with van der Waals surface area (Å²) in [6, 6.07) is -1.03. The number of hydrogen-bond donors (Lipinski definition) is 3. The first kappa shape index (κ1) is 24.9. The third kappa shape index (κ3) is 15.6. The molecule has 0 saturated heterocycles. The number of aliphatic carboxylic acids is 1. The number of primary amides is 1. The highest BCUT2D eigenvalue weighted by Crippen LogP contribution is 2.10. The third-order valence-corrected chi connectivity index (χ3v) is 3.82. The normalized spacial score (nSPS) is 11.4. The highest BCUT2D eigenvalue weighted by molar-refractivity contribution is 5.85. The largest absolute Gasteiger partial charge is 0.480 e. The van der Waals surface area contributed by atoms with Gasteiger partial charge in [-0.15, -0.1) is 12.4 Å². The molecule has 24 heavy (non-hydrogen) atoms. The van der Waals surface area contributed by atoms with Crippen LogP contribution in [0.4, 0.5) is 0 Å². The van der Waals surface area contributed by atoms with Gasteiger partial charge in [-0.05, 0) is 12.8 Å². The van der Waals surface area contributed by atoms with Crippen LogP contribution >= 0.6 is 12.4 Å². The summed E-state index contributed by atoms with van der Waals surface area (Å²) in [5.74, 6) is -1.97. The first-order chi connectivity index (χ1) is 11.0. The molecule has 0 radical (unpaired) electrons. The van der Waals surface area contributed by atoms with Gasteiger partial charge < -0.3 is 16.2 Å². The van der Waals surface area contributed by atoms with Crippen molar-refractivity contribution in [2.45, 2.75) is 90.0 Å². The van der Waals surface area contributed by atoms with Crippen molar-refractivity contribution in [3.63, 3.8) is 0 Å². The Hall–Kier alpha value is -1.30. The van der Waals surface area contributed by atoms with Gasteiger partial charge in [0.15, 0.2) is 0 Å². The van der Waals surface area contributed by atoms with Crippen LogP contribution in [0.15, 0.2) is 0 Å². The summed E-state index contributed by atoms with van der Waals surface area (Å²) in [5.41, 5.74) is 4.99. The summed E-state index contributed by atoms with van der Waals surface area (Å²) in [5, 5.41) is 11.4. The molecule has 0 aliphatic rings. The van der Waals surface area contributed by atoms with Gasteiger partial charge in [0.25, 0.3) is 0 Å². The number of amides is 2. The highest BCUT2D eigenvalue weighted by atomic mass is 35.5. The van der Waals surface area contributed by atoms with E-state index in [9.17, 15) is 14.4 Å². The third-order valence-electron chi connectivity index (χ3n) is 3.82. The standard InChI is InChI=1S/C17H32N2O4.ClH/c1-2-3-4-5-6-7-8-9-10-11-16(21)19-14(17(22)23)12-13-15(18)20;/h14H,2-13H2,1H3,(H2,18,20)(H,19,21)(H,22,23);1H. The number of nitrogens with two attached hydrogens (primary N) is 1. The molecular formula is C17H33ClN2O4. The van der Waals surface area contributed by atoms with Crippen molar-refractivity contribution in [3.05, 3.63) is 0 Å². The minimum Gasteiger partial charge on any atom is -0.480 e. The molecule has 0 bridgehead atoms. The quantitative estimate of drug-likeness (QED) is 0.387. The molecule has 1 atom stereocenters. The Morgan fingerprint density at radius 1 is 0.917 bits per heavy atom. The number of carbonyl (C=O) groups excluding carboxylic acids is 2. The van der Waals surface area contributed by atoms with E-state index in [2.05, 4.69) is 12.2 Å². The van der Waals surface area contributed by atoms with Crippen LogP contribution in [0, 0.1) is 0 Å². The Kier molecular flexibility index (Phi) is 17.2. The summed E-state index contributed by atoms with van der Waals surface area (Å²) in [7, 11) is 0. The molecule has 4 N–H and O–H groups in total. The molecule has 0 aromatic heterocycles. The lowest BCUT2D eigenvalue weighted by molar-refractivity contribution is -0.142. The van der Waals surface area contributed by atoms with Gasteiger partial charge in [0.1, 0.15) is 6.04 Å². The number of carboxylic acid groups (broad SMARTS) is 1. The average Bonchev–Trinajstić information content (AvgIpc) is 2.49. The molecule has 0 rings (SSSR count). The molecule has 0 spiro atoms. The van der Waals surface area contributed by atoms with Gasteiger partial charge in [-0.2, -0.15) is 0 Å². The number of rotatable bonds is 15. The molecule has 6 nitrogen and oxygen atoms in total. The van der Waals surface area contributed by atoms with Crippen molar-refractivity contribution in [3.8, 4) is 0 Å². The molecule has 2 amide bonds. The minimum atomic E-state index is -1.13. The summed E-state index contributed by atoms with van der Waals surface area (Å²) in [4.78, 5) is 33.4. The zero-order chi connectivity index (χ0) is 17.5. The molecule has 0 aromatic carbocycles. The minimum absolute atomic E-state index is 0. The second-order valence-electron chi connectivity index (χ2n) is 6.04. The SMILES string of the molecule is CCCCCCCCCCCC(=O)NC(CCC(N)=O)C(=O)O.Cl. The van der Waals surface area contributed by atoms with Crippen molar-refractivity contribution >= 4 is 30.2 Å². The first-order valence-electron chi connectivity index (χ1n) is 8.77. The fourth-order valence-electron chi connectivity index (χ4n) is 2.41. The molecule has 0 heterocycles. The van der Waals surface area contributed by atoms with Crippen LogP contribution < -0.4 is 11.1 Å². The van der Waals surface area contributed by atoms with E-state index in [0.717, 1.165) is 19.3 Å². The second kappa shape index (κ2) is 16.6. The fourth-order valence-corrected chi connectivity index (χ4v) is 2.41. The maximum absolute atomic E-state index is 11.7. The van der Waals surface area contributed by atoms with Gasteiger partial charge in [0.2, 0.25) is 11.8 Å². The maximum atomic E-state index is 11.7. The van der Waals surface area contributed by atoms with Crippen molar-refractivity contribution in [1.82, 2.24) is 5.32 Å². The van der Waals surface area contributed by atoms with Gasteiger partial charge in [-0.3, -0.25) is 9.59 Å². The van der Waals surface area contributed by atoms with Crippen LogP contribution in [0.1, 0.15) is 84.0 Å². The molecule has 0 aromatic rings. The predicted octanol–water partition coefficient (Wildman–Crippen LogP) is 3.16. The fraction of sp³-hybridized carbons (Fsp3) is 0.824. The average molecular weight is 365 g/mol. The number of unbranched alkanes of at least 4 members (excludes halogenated alkanes) is 8. The highest BCUT2D eigenvalue weighted by Gasteiger charge is 2.20. The number of nitrogens with one attached hydrogen (secondary N) is 1. The summed E-state index contributed by atoms with van der Waals surface area (Å²) < 4.78 is 0. The van der Waals surface area contributed by atoms with Gasteiger partial charge in [-0.25, -0.2) is 4.79 Å². The maximum Gasteiger partial charge on any atom is 0.326 e. The Bertz CT molecular complexity index is 364. The lowest BCUT2D eigenvalue weighted by atomic mass is 10.1. The monoisotopic (exact) mass is 364 g/mol. The Labute approximate surface area is 151 Å². The van der Waals surface area contributed by atoms with Crippen LogP contribution in [-0.4, -0.2) is 28.9 Å². The molecular weight excluding hydrogens is 332 g/mol. The van der Waals surface area contributed by atoms with Gasteiger partial charge in [0, 0.05) is 12.8 Å². The number of carboxylic acids is 1. The van der Waals surface area contributed by atoms with Gasteiger partial charge in [0.05, 0.1) is 0 Å². The predicted molar refractivity (Wildman–Crippen MR) is 97.1 cm³/mol. The van der Waals surface area contributed by atoms with E-state index >= 15 is 0 Å². The van der Waals surface area contributed by atoms with Gasteiger partial charge in [-0.1, -0.05) is 58.3 Å². The Morgan fingerprint density at radius 3 is 1.88 bits per heavy atom. The zero-order valence-corrected chi connectivity index (χ0v) is 15.5. The summed E-state index contributed by atoms with van der Waals surface area (Å²) in [6.07, 6.45) is 10.8. The molecule has 0 aliphatic heterocycles. The van der Waals surface area contributed by atoms with Crippen molar-refractivity contribution in [2.24, 2.45) is 5.73 Å². The second-order valence-corrected chi connectivity index (χ2v) is 6.04. The van der Waals surface area contributed by atoms with Crippen LogP contribution in [0.3, 0.4) is 0 Å². The van der Waals surface area contributed by atoms with E-state index in [4.69, 9.17) is 10.8 Å². The summed E-state index contributed by atoms with van der Waals surface area (Å²) in [6.45, 7) is 2.20. The van der Waals surface area contributed by atoms with E-state index in [1.54, 1.807) is 0 Å². The van der Waals surface area contributed by atoms with E-state index in [0.29, 0.717) is 6.42 Å². The number of halogens is 1. The molecule has 1 unspecified atom stereocenters. The van der Waals surface area contributed by atoms with Gasteiger partial charge >= 0.3 is 5.97 Å². The van der Waals surface area contributed by atoms with Crippen LogP contribution in [0.2, 0.25) is 0 Å². The van der Waals surface area contributed by atoms with Crippen LogP contribution in [-0.2, 0) is 14.4 Å². The first-order valence-corrected chi connectivity index (χ1v) is 8.77. The Morgan fingerprint density at radius 2 is 1.42 bits per heavy atom. The molecule has 7 heteroatoms. The molecule has 0 aliphatic carbocycles. The number of carbonyl (C=O) groups is 3. The number of hydrogen-bond acceptors (Lipinski definition) is 3. The molecule has 0 saturated carbocycles. The van der Waals surface area contributed by atoms with Crippen molar-refractivity contribution in [2.75, 3.05) is 0 Å². The van der Waals surface area contributed by atoms with E-state index in [1.807, 2.05) is 0 Å². The van der Waals surface area contributed by atoms with Crippen LogP contribution in [0.25, 0.3) is 0 Å². The van der Waals surface area contributed by atoms with Crippen LogP contribution in [0.5, 0.6) is 0 Å². The topological polar surface area (TPSA) is 109 Å². The zero-order valence-electron chi connectivity index (χ0n) is 14.7.